The number of hydrogen-bond donors (Lipinski definition) is 2. The number of halogens is 1. The van der Waals surface area contributed by atoms with Crippen molar-refractivity contribution in [3.63, 3.8) is 0 Å². The van der Waals surface area contributed by atoms with E-state index in [1.54, 1.807) is 41.7 Å². The van der Waals surface area contributed by atoms with Gasteiger partial charge >= 0.3 is 0 Å². The summed E-state index contributed by atoms with van der Waals surface area (Å²) in [6, 6.07) is 12.6. The Kier molecular flexibility index (Phi) is 5.73. The molecule has 0 spiro atoms. The lowest BCUT2D eigenvalue weighted by Gasteiger charge is -2.18. The minimum Gasteiger partial charge on any atom is -0.463 e. The van der Waals surface area contributed by atoms with E-state index in [1.165, 1.54) is 6.33 Å². The van der Waals surface area contributed by atoms with Crippen LogP contribution in [0.1, 0.15) is 11.5 Å². The van der Waals surface area contributed by atoms with Crippen LogP contribution in [0, 0.1) is 0 Å². The standard InChI is InChI=1S/C20H18ClN5O3/c21-15-5-6-19(26-14-22-13-23-26)18(9-15)24-20(27)12-25(10-16-3-1-7-28-16)11-17-4-2-8-29-17/h1-9,13-14H,10-12H2,(H,24,27)/p+1. The number of benzene rings is 1. The molecule has 0 unspecified atom stereocenters. The highest BCUT2D eigenvalue weighted by atomic mass is 35.5. The summed E-state index contributed by atoms with van der Waals surface area (Å²) in [5.41, 5.74) is 1.24. The van der Waals surface area contributed by atoms with E-state index in [0.717, 1.165) is 16.4 Å². The van der Waals surface area contributed by atoms with E-state index in [0.29, 0.717) is 29.5 Å². The number of nitrogens with one attached hydrogen (secondary N) is 2. The van der Waals surface area contributed by atoms with Crippen LogP contribution in [0.3, 0.4) is 0 Å². The fraction of sp³-hybridized carbons (Fsp3) is 0.150. The lowest BCUT2D eigenvalue weighted by Crippen LogP contribution is -3.10. The number of furan rings is 2. The third-order valence-electron chi connectivity index (χ3n) is 4.32. The summed E-state index contributed by atoms with van der Waals surface area (Å²) in [7, 11) is 0. The summed E-state index contributed by atoms with van der Waals surface area (Å²) in [6.07, 6.45) is 6.23. The van der Waals surface area contributed by atoms with Crippen molar-refractivity contribution in [3.05, 3.63) is 84.2 Å². The molecule has 1 aromatic carbocycles. The molecule has 4 rings (SSSR count). The fourth-order valence-electron chi connectivity index (χ4n) is 3.07. The van der Waals surface area contributed by atoms with Crippen molar-refractivity contribution < 1.29 is 18.5 Å². The number of amides is 1. The second-order valence-corrected chi connectivity index (χ2v) is 6.93. The lowest BCUT2D eigenvalue weighted by atomic mass is 10.2. The Morgan fingerprint density at radius 3 is 2.41 bits per heavy atom. The van der Waals surface area contributed by atoms with Crippen LogP contribution in [-0.2, 0) is 17.9 Å². The smallest absolute Gasteiger partial charge is 0.279 e. The van der Waals surface area contributed by atoms with Crippen LogP contribution in [0.5, 0.6) is 0 Å². The molecule has 0 radical (unpaired) electrons. The Morgan fingerprint density at radius 2 is 1.83 bits per heavy atom. The van der Waals surface area contributed by atoms with Crippen LogP contribution in [0.2, 0.25) is 5.02 Å². The monoisotopic (exact) mass is 412 g/mol. The summed E-state index contributed by atoms with van der Waals surface area (Å²) in [4.78, 5) is 17.8. The maximum atomic E-state index is 12.8. The Hall–Kier alpha value is -3.36. The minimum atomic E-state index is -0.165. The molecule has 0 fully saturated rings. The second kappa shape index (κ2) is 8.76. The van der Waals surface area contributed by atoms with Gasteiger partial charge in [-0.1, -0.05) is 11.6 Å². The first-order valence-electron chi connectivity index (χ1n) is 9.00. The summed E-state index contributed by atoms with van der Waals surface area (Å²) >= 11 is 6.13. The zero-order chi connectivity index (χ0) is 20.1. The van der Waals surface area contributed by atoms with Crippen LogP contribution < -0.4 is 10.2 Å². The molecule has 0 aliphatic carbocycles. The largest absolute Gasteiger partial charge is 0.463 e. The van der Waals surface area contributed by atoms with Crippen LogP contribution >= 0.6 is 11.6 Å². The van der Waals surface area contributed by atoms with Gasteiger partial charge in [0.2, 0.25) is 0 Å². The number of carbonyl (C=O) groups is 1. The number of anilines is 1. The van der Waals surface area contributed by atoms with E-state index in [2.05, 4.69) is 15.4 Å². The van der Waals surface area contributed by atoms with Gasteiger partial charge in [0.05, 0.1) is 23.9 Å². The Labute approximate surface area is 171 Å². The maximum absolute atomic E-state index is 12.8. The third kappa shape index (κ3) is 4.92. The van der Waals surface area contributed by atoms with Gasteiger partial charge in [-0.15, -0.1) is 0 Å². The highest BCUT2D eigenvalue weighted by Crippen LogP contribution is 2.23. The van der Waals surface area contributed by atoms with Gasteiger partial charge in [-0.3, -0.25) is 4.79 Å². The van der Waals surface area contributed by atoms with Crippen molar-refractivity contribution in [2.45, 2.75) is 13.1 Å². The molecule has 0 saturated carbocycles. The number of hydrogen-bond acceptors (Lipinski definition) is 5. The lowest BCUT2D eigenvalue weighted by molar-refractivity contribution is -0.921. The molecule has 0 aliphatic heterocycles. The van der Waals surface area contributed by atoms with Crippen molar-refractivity contribution in [1.29, 1.82) is 0 Å². The van der Waals surface area contributed by atoms with Gasteiger partial charge in [-0.25, -0.2) is 9.67 Å². The Bertz CT molecular complexity index is 1010. The van der Waals surface area contributed by atoms with Crippen molar-refractivity contribution in [2.75, 3.05) is 11.9 Å². The van der Waals surface area contributed by atoms with E-state index in [9.17, 15) is 4.79 Å². The minimum absolute atomic E-state index is 0.165. The maximum Gasteiger partial charge on any atom is 0.279 e. The summed E-state index contributed by atoms with van der Waals surface area (Å²) in [5.74, 6) is 1.43. The second-order valence-electron chi connectivity index (χ2n) is 6.49. The molecule has 29 heavy (non-hydrogen) atoms. The number of quaternary nitrogens is 1. The summed E-state index contributed by atoms with van der Waals surface area (Å²) in [6.45, 7) is 1.31. The molecule has 0 atom stereocenters. The first kappa shape index (κ1) is 19.0. The van der Waals surface area contributed by atoms with E-state index in [-0.39, 0.29) is 12.5 Å². The first-order valence-corrected chi connectivity index (χ1v) is 9.38. The molecule has 3 aromatic heterocycles. The number of aromatic nitrogens is 3. The van der Waals surface area contributed by atoms with Crippen molar-refractivity contribution in [1.82, 2.24) is 14.8 Å². The molecule has 1 amide bonds. The third-order valence-corrected chi connectivity index (χ3v) is 4.55. The molecule has 0 saturated heterocycles. The molecule has 8 nitrogen and oxygen atoms in total. The van der Waals surface area contributed by atoms with Crippen LogP contribution in [-0.4, -0.2) is 27.2 Å². The normalized spacial score (nSPS) is 11.1. The van der Waals surface area contributed by atoms with Gasteiger partial charge in [-0.2, -0.15) is 5.10 Å². The predicted molar refractivity (Wildman–Crippen MR) is 106 cm³/mol. The molecular formula is C20H19ClN5O3+. The topological polar surface area (TPSA) is 90.5 Å². The number of carbonyl (C=O) groups excluding carboxylic acids is 1. The highest BCUT2D eigenvalue weighted by Gasteiger charge is 2.19. The van der Waals surface area contributed by atoms with E-state index < -0.39 is 0 Å². The Balaban J connectivity index is 1.50. The number of rotatable bonds is 8. The zero-order valence-corrected chi connectivity index (χ0v) is 16.2. The predicted octanol–water partition coefficient (Wildman–Crippen LogP) is 2.33. The molecule has 4 aromatic rings. The molecular weight excluding hydrogens is 394 g/mol. The van der Waals surface area contributed by atoms with Gasteiger partial charge in [0, 0.05) is 5.02 Å². The molecule has 3 heterocycles. The van der Waals surface area contributed by atoms with Crippen LogP contribution in [0.4, 0.5) is 5.69 Å². The fourth-order valence-corrected chi connectivity index (χ4v) is 3.24. The Morgan fingerprint density at radius 1 is 1.10 bits per heavy atom. The van der Waals surface area contributed by atoms with E-state index >= 15 is 0 Å². The first-order chi connectivity index (χ1) is 14.2. The van der Waals surface area contributed by atoms with Crippen LogP contribution in [0.15, 0.2) is 76.5 Å². The number of nitrogens with zero attached hydrogens (tertiary/aromatic N) is 3. The highest BCUT2D eigenvalue weighted by molar-refractivity contribution is 6.31. The average Bonchev–Trinajstić information content (AvgIpc) is 3.45. The van der Waals surface area contributed by atoms with E-state index in [1.807, 2.05) is 24.3 Å². The van der Waals surface area contributed by atoms with E-state index in [4.69, 9.17) is 20.4 Å². The summed E-state index contributed by atoms with van der Waals surface area (Å²) in [5, 5.41) is 7.57. The molecule has 0 aliphatic rings. The SMILES string of the molecule is O=C(C[NH+](Cc1ccco1)Cc1ccco1)Nc1cc(Cl)ccc1-n1cncn1. The van der Waals surface area contributed by atoms with Gasteiger partial charge in [0.25, 0.3) is 5.91 Å². The average molecular weight is 413 g/mol. The quantitative estimate of drug-likeness (QED) is 0.463. The molecule has 148 valence electrons. The zero-order valence-electron chi connectivity index (χ0n) is 15.4. The van der Waals surface area contributed by atoms with Gasteiger partial charge in [-0.05, 0) is 42.5 Å². The van der Waals surface area contributed by atoms with Gasteiger partial charge in [0.1, 0.15) is 25.7 Å². The molecule has 9 heteroatoms. The van der Waals surface area contributed by atoms with Crippen molar-refractivity contribution >= 4 is 23.2 Å². The van der Waals surface area contributed by atoms with Gasteiger partial charge < -0.3 is 19.1 Å². The van der Waals surface area contributed by atoms with Crippen molar-refractivity contribution in [3.8, 4) is 5.69 Å². The van der Waals surface area contributed by atoms with Crippen molar-refractivity contribution in [2.24, 2.45) is 0 Å². The van der Waals surface area contributed by atoms with Crippen LogP contribution in [0.25, 0.3) is 5.69 Å². The van der Waals surface area contributed by atoms with Gasteiger partial charge in [0.15, 0.2) is 18.1 Å². The summed E-state index contributed by atoms with van der Waals surface area (Å²) < 4.78 is 12.5. The molecule has 2 N–H and O–H groups in total. The molecule has 0 bridgehead atoms.